The van der Waals surface area contributed by atoms with E-state index in [1.54, 1.807) is 7.11 Å². The SMILES string of the molecule is COc1cc(Br)ccc1[C@H](C)N[S@](=O)C(C)(C)C. The van der Waals surface area contributed by atoms with Gasteiger partial charge < -0.3 is 4.74 Å². The highest BCUT2D eigenvalue weighted by molar-refractivity contribution is 9.10. The van der Waals surface area contributed by atoms with Gasteiger partial charge in [-0.25, -0.2) is 8.93 Å². The molecule has 1 aromatic rings. The van der Waals surface area contributed by atoms with Crippen LogP contribution in [0.5, 0.6) is 5.75 Å². The summed E-state index contributed by atoms with van der Waals surface area (Å²) in [5.41, 5.74) is 0.998. The molecule has 0 aliphatic rings. The summed E-state index contributed by atoms with van der Waals surface area (Å²) in [6.45, 7) is 7.82. The van der Waals surface area contributed by atoms with E-state index in [1.807, 2.05) is 45.9 Å². The van der Waals surface area contributed by atoms with E-state index in [1.165, 1.54) is 0 Å². The first-order valence-electron chi connectivity index (χ1n) is 5.77. The number of halogens is 1. The second-order valence-electron chi connectivity index (χ2n) is 5.11. The average molecular weight is 334 g/mol. The van der Waals surface area contributed by atoms with Crippen LogP contribution in [0.15, 0.2) is 22.7 Å². The molecule has 0 saturated carbocycles. The van der Waals surface area contributed by atoms with Crippen LogP contribution in [-0.4, -0.2) is 16.1 Å². The van der Waals surface area contributed by atoms with Gasteiger partial charge in [0.15, 0.2) is 0 Å². The second kappa shape index (κ2) is 6.17. The second-order valence-corrected chi connectivity index (χ2v) is 8.02. The van der Waals surface area contributed by atoms with Gasteiger partial charge in [0.2, 0.25) is 0 Å². The summed E-state index contributed by atoms with van der Waals surface area (Å²) in [4.78, 5) is 0. The highest BCUT2D eigenvalue weighted by atomic mass is 79.9. The summed E-state index contributed by atoms with van der Waals surface area (Å²) in [7, 11) is 0.537. The minimum atomic E-state index is -1.10. The number of rotatable bonds is 4. The molecule has 0 spiro atoms. The fraction of sp³-hybridized carbons (Fsp3) is 0.538. The number of ether oxygens (including phenoxy) is 1. The summed E-state index contributed by atoms with van der Waals surface area (Å²) < 4.78 is 21.2. The lowest BCUT2D eigenvalue weighted by Gasteiger charge is -2.23. The molecule has 1 aromatic carbocycles. The molecule has 5 heteroatoms. The molecule has 0 radical (unpaired) electrons. The molecule has 1 rings (SSSR count). The minimum Gasteiger partial charge on any atom is -0.496 e. The van der Waals surface area contributed by atoms with Crippen molar-refractivity contribution in [2.75, 3.05) is 7.11 Å². The molecule has 18 heavy (non-hydrogen) atoms. The van der Waals surface area contributed by atoms with Gasteiger partial charge in [-0.2, -0.15) is 0 Å². The van der Waals surface area contributed by atoms with Crippen molar-refractivity contribution in [1.29, 1.82) is 0 Å². The molecule has 2 atom stereocenters. The van der Waals surface area contributed by atoms with Gasteiger partial charge in [-0.3, -0.25) is 0 Å². The van der Waals surface area contributed by atoms with Crippen LogP contribution in [0.3, 0.4) is 0 Å². The number of methoxy groups -OCH3 is 1. The van der Waals surface area contributed by atoms with E-state index in [0.29, 0.717) is 0 Å². The van der Waals surface area contributed by atoms with Crippen molar-refractivity contribution in [2.24, 2.45) is 0 Å². The van der Waals surface area contributed by atoms with Crippen molar-refractivity contribution < 1.29 is 8.95 Å². The largest absolute Gasteiger partial charge is 0.496 e. The number of hydrogen-bond donors (Lipinski definition) is 1. The Balaban J connectivity index is 2.91. The Kier molecular flexibility index (Phi) is 5.37. The first-order chi connectivity index (χ1) is 8.25. The topological polar surface area (TPSA) is 38.3 Å². The predicted octanol–water partition coefficient (Wildman–Crippen LogP) is 3.57. The fourth-order valence-electron chi connectivity index (χ4n) is 1.44. The van der Waals surface area contributed by atoms with Crippen LogP contribution in [0.2, 0.25) is 0 Å². The molecule has 0 saturated heterocycles. The maximum atomic E-state index is 12.1. The molecule has 102 valence electrons. The van der Waals surface area contributed by atoms with Crippen LogP contribution >= 0.6 is 15.9 Å². The van der Waals surface area contributed by atoms with E-state index in [2.05, 4.69) is 20.7 Å². The molecule has 0 unspecified atom stereocenters. The fourth-order valence-corrected chi connectivity index (χ4v) is 2.59. The van der Waals surface area contributed by atoms with Gasteiger partial charge in [0.05, 0.1) is 22.8 Å². The molecule has 0 amide bonds. The number of hydrogen-bond acceptors (Lipinski definition) is 2. The molecular weight excluding hydrogens is 314 g/mol. The molecule has 0 heterocycles. The quantitative estimate of drug-likeness (QED) is 0.914. The van der Waals surface area contributed by atoms with Gasteiger partial charge >= 0.3 is 0 Å². The third-order valence-electron chi connectivity index (χ3n) is 2.50. The summed E-state index contributed by atoms with van der Waals surface area (Å²) >= 11 is 3.41. The Labute approximate surface area is 120 Å². The Bertz CT molecular complexity index is 443. The van der Waals surface area contributed by atoms with Crippen LogP contribution in [0.4, 0.5) is 0 Å². The van der Waals surface area contributed by atoms with Gasteiger partial charge in [-0.15, -0.1) is 0 Å². The van der Waals surface area contributed by atoms with Crippen LogP contribution in [-0.2, 0) is 11.0 Å². The van der Waals surface area contributed by atoms with Crippen LogP contribution in [0.1, 0.15) is 39.3 Å². The highest BCUT2D eigenvalue weighted by Crippen LogP contribution is 2.29. The average Bonchev–Trinajstić information content (AvgIpc) is 2.27. The first kappa shape index (κ1) is 15.7. The Morgan fingerprint density at radius 2 is 2.00 bits per heavy atom. The van der Waals surface area contributed by atoms with Crippen LogP contribution in [0, 0.1) is 0 Å². The van der Waals surface area contributed by atoms with Gasteiger partial charge in [0.1, 0.15) is 5.75 Å². The van der Waals surface area contributed by atoms with Crippen molar-refractivity contribution >= 4 is 26.9 Å². The van der Waals surface area contributed by atoms with Crippen molar-refractivity contribution in [3.05, 3.63) is 28.2 Å². The Morgan fingerprint density at radius 3 is 2.50 bits per heavy atom. The van der Waals surface area contributed by atoms with Crippen molar-refractivity contribution in [3.63, 3.8) is 0 Å². The molecule has 0 aliphatic heterocycles. The van der Waals surface area contributed by atoms with Gasteiger partial charge in [-0.1, -0.05) is 22.0 Å². The Hall–Kier alpha value is -0.390. The van der Waals surface area contributed by atoms with E-state index in [9.17, 15) is 4.21 Å². The zero-order valence-corrected chi connectivity index (χ0v) is 13.8. The van der Waals surface area contributed by atoms with Gasteiger partial charge in [0, 0.05) is 16.1 Å². The van der Waals surface area contributed by atoms with Crippen LogP contribution in [0.25, 0.3) is 0 Å². The lowest BCUT2D eigenvalue weighted by Crippen LogP contribution is -2.34. The normalized spacial score (nSPS) is 15.2. The third kappa shape index (κ3) is 4.07. The zero-order valence-electron chi connectivity index (χ0n) is 11.4. The molecule has 3 nitrogen and oxygen atoms in total. The molecular formula is C13H20BrNO2S. The number of nitrogens with one attached hydrogen (secondary N) is 1. The first-order valence-corrected chi connectivity index (χ1v) is 7.71. The third-order valence-corrected chi connectivity index (χ3v) is 4.68. The predicted molar refractivity (Wildman–Crippen MR) is 80.1 cm³/mol. The summed E-state index contributed by atoms with van der Waals surface area (Å²) in [6.07, 6.45) is 0. The van der Waals surface area contributed by atoms with E-state index in [4.69, 9.17) is 4.74 Å². The van der Waals surface area contributed by atoms with Gasteiger partial charge in [-0.05, 0) is 39.8 Å². The summed E-state index contributed by atoms with van der Waals surface area (Å²) in [5.74, 6) is 0.787. The van der Waals surface area contributed by atoms with Crippen molar-refractivity contribution in [3.8, 4) is 5.75 Å². The van der Waals surface area contributed by atoms with E-state index in [-0.39, 0.29) is 10.8 Å². The maximum absolute atomic E-state index is 12.1. The lowest BCUT2D eigenvalue weighted by atomic mass is 10.1. The lowest BCUT2D eigenvalue weighted by molar-refractivity contribution is 0.405. The summed E-state index contributed by atoms with van der Waals surface area (Å²) in [6, 6.07) is 5.80. The highest BCUT2D eigenvalue weighted by Gasteiger charge is 2.22. The van der Waals surface area contributed by atoms with Crippen molar-refractivity contribution in [2.45, 2.75) is 38.5 Å². The van der Waals surface area contributed by atoms with E-state index in [0.717, 1.165) is 15.8 Å². The van der Waals surface area contributed by atoms with Gasteiger partial charge in [0.25, 0.3) is 0 Å². The zero-order chi connectivity index (χ0) is 13.9. The Morgan fingerprint density at radius 1 is 1.39 bits per heavy atom. The van der Waals surface area contributed by atoms with E-state index >= 15 is 0 Å². The van der Waals surface area contributed by atoms with Crippen LogP contribution < -0.4 is 9.46 Å². The molecule has 0 aromatic heterocycles. The monoisotopic (exact) mass is 333 g/mol. The molecule has 0 fully saturated rings. The molecule has 1 N–H and O–H groups in total. The number of benzene rings is 1. The summed E-state index contributed by atoms with van der Waals surface area (Å²) in [5, 5.41) is 0. The standard InChI is InChI=1S/C13H20BrNO2S/c1-9(15-18(16)13(2,3)4)11-7-6-10(14)8-12(11)17-5/h6-9,15H,1-5H3/t9-,18+/m0/s1. The maximum Gasteiger partial charge on any atom is 0.124 e. The van der Waals surface area contributed by atoms with E-state index < -0.39 is 11.0 Å². The molecule has 0 bridgehead atoms. The molecule has 0 aliphatic carbocycles. The van der Waals surface area contributed by atoms with Crippen molar-refractivity contribution in [1.82, 2.24) is 4.72 Å². The minimum absolute atomic E-state index is 0.0342. The smallest absolute Gasteiger partial charge is 0.124 e.